The molecule has 0 radical (unpaired) electrons. The van der Waals surface area contributed by atoms with E-state index in [0.717, 1.165) is 0 Å². The van der Waals surface area contributed by atoms with Gasteiger partial charge in [0.15, 0.2) is 0 Å². The molecule has 1 saturated carbocycles. The van der Waals surface area contributed by atoms with Gasteiger partial charge in [-0.2, -0.15) is 0 Å². The zero-order valence-electron chi connectivity index (χ0n) is 13.8. The molecule has 5 unspecified atom stereocenters. The normalized spacial score (nSPS) is 35.5. The maximum atomic E-state index is 3.70. The van der Waals surface area contributed by atoms with Crippen LogP contribution in [0.5, 0.6) is 0 Å². The molecule has 0 saturated heterocycles. The van der Waals surface area contributed by atoms with E-state index in [4.69, 9.17) is 0 Å². The molecule has 0 spiro atoms. The second-order valence-electron chi connectivity index (χ2n) is 8.04. The Bertz CT molecular complexity index is 673. The SMILES string of the molecule is CC1C2C=CC=CC2C2c3cc(Br)ccc3N([Si](C)(C)C)C12. The van der Waals surface area contributed by atoms with Gasteiger partial charge in [0.1, 0.15) is 8.24 Å². The fourth-order valence-electron chi connectivity index (χ4n) is 5.08. The second-order valence-corrected chi connectivity index (χ2v) is 13.8. The van der Waals surface area contributed by atoms with Crippen LogP contribution in [-0.4, -0.2) is 14.3 Å². The first kappa shape index (κ1) is 14.8. The van der Waals surface area contributed by atoms with Crippen molar-refractivity contribution in [3.63, 3.8) is 0 Å². The largest absolute Gasteiger partial charge is 0.394 e. The molecule has 0 aromatic heterocycles. The molecule has 1 aromatic rings. The minimum Gasteiger partial charge on any atom is -0.394 e. The molecular formula is C19H24BrNSi. The average molecular weight is 374 g/mol. The van der Waals surface area contributed by atoms with Crippen LogP contribution in [0.2, 0.25) is 19.6 Å². The average Bonchev–Trinajstić information content (AvgIpc) is 2.93. The Morgan fingerprint density at radius 3 is 2.41 bits per heavy atom. The molecule has 2 aliphatic carbocycles. The molecule has 22 heavy (non-hydrogen) atoms. The van der Waals surface area contributed by atoms with Crippen LogP contribution in [0.25, 0.3) is 0 Å². The molecule has 5 atom stereocenters. The molecule has 0 bridgehead atoms. The topological polar surface area (TPSA) is 3.24 Å². The molecule has 3 aliphatic rings. The van der Waals surface area contributed by atoms with Gasteiger partial charge in [-0.25, -0.2) is 0 Å². The Balaban J connectivity index is 1.91. The molecule has 4 rings (SSSR count). The molecule has 0 amide bonds. The first-order valence-corrected chi connectivity index (χ1v) is 12.6. The van der Waals surface area contributed by atoms with Crippen LogP contribution in [0, 0.1) is 17.8 Å². The Labute approximate surface area is 143 Å². The van der Waals surface area contributed by atoms with Crippen molar-refractivity contribution < 1.29 is 0 Å². The second kappa shape index (κ2) is 4.84. The van der Waals surface area contributed by atoms with Gasteiger partial charge in [0.05, 0.1) is 0 Å². The fourth-order valence-corrected chi connectivity index (χ4v) is 7.67. The van der Waals surface area contributed by atoms with Crippen LogP contribution < -0.4 is 4.57 Å². The quantitative estimate of drug-likeness (QED) is 0.582. The summed E-state index contributed by atoms with van der Waals surface area (Å²) >= 11 is 3.70. The maximum Gasteiger partial charge on any atom is 0.147 e. The predicted octanol–water partition coefficient (Wildman–Crippen LogP) is 5.56. The third kappa shape index (κ3) is 1.94. The van der Waals surface area contributed by atoms with Crippen molar-refractivity contribution in [1.29, 1.82) is 0 Å². The lowest BCUT2D eigenvalue weighted by molar-refractivity contribution is 0.428. The van der Waals surface area contributed by atoms with Crippen molar-refractivity contribution >= 4 is 29.9 Å². The lowest BCUT2D eigenvalue weighted by Crippen LogP contribution is -2.52. The summed E-state index contributed by atoms with van der Waals surface area (Å²) in [4.78, 5) is 0. The molecule has 0 N–H and O–H groups in total. The fraction of sp³-hybridized carbons (Fsp3) is 0.474. The summed E-state index contributed by atoms with van der Waals surface area (Å²) in [6.45, 7) is 9.94. The van der Waals surface area contributed by atoms with E-state index in [2.05, 4.69) is 89.6 Å². The summed E-state index contributed by atoms with van der Waals surface area (Å²) in [5.41, 5.74) is 3.08. The number of fused-ring (bicyclic) bond motifs is 5. The highest BCUT2D eigenvalue weighted by Crippen LogP contribution is 2.59. The van der Waals surface area contributed by atoms with Gasteiger partial charge in [-0.3, -0.25) is 0 Å². The van der Waals surface area contributed by atoms with Crippen LogP contribution >= 0.6 is 15.9 Å². The molecule has 1 aromatic carbocycles. The molecule has 1 heterocycles. The van der Waals surface area contributed by atoms with E-state index < -0.39 is 8.24 Å². The van der Waals surface area contributed by atoms with Crippen molar-refractivity contribution in [1.82, 2.24) is 0 Å². The number of hydrogen-bond acceptors (Lipinski definition) is 1. The summed E-state index contributed by atoms with van der Waals surface area (Å²) < 4.78 is 4.05. The van der Waals surface area contributed by atoms with Gasteiger partial charge in [-0.05, 0) is 41.5 Å². The summed E-state index contributed by atoms with van der Waals surface area (Å²) in [6.07, 6.45) is 9.42. The molecule has 1 fully saturated rings. The van der Waals surface area contributed by atoms with E-state index in [-0.39, 0.29) is 0 Å². The highest BCUT2D eigenvalue weighted by atomic mass is 79.9. The van der Waals surface area contributed by atoms with Crippen molar-refractivity contribution in [2.24, 2.45) is 17.8 Å². The molecular weight excluding hydrogens is 350 g/mol. The summed E-state index contributed by atoms with van der Waals surface area (Å²) in [5.74, 6) is 2.74. The minimum atomic E-state index is -1.41. The van der Waals surface area contributed by atoms with Crippen molar-refractivity contribution in [3.8, 4) is 0 Å². The highest BCUT2D eigenvalue weighted by molar-refractivity contribution is 9.10. The summed E-state index contributed by atoms with van der Waals surface area (Å²) in [7, 11) is -1.41. The Morgan fingerprint density at radius 1 is 1.05 bits per heavy atom. The minimum absolute atomic E-state index is 0.653. The predicted molar refractivity (Wildman–Crippen MR) is 101 cm³/mol. The van der Waals surface area contributed by atoms with Gasteiger partial charge in [0.2, 0.25) is 0 Å². The van der Waals surface area contributed by atoms with E-state index in [1.165, 1.54) is 10.2 Å². The zero-order valence-corrected chi connectivity index (χ0v) is 16.3. The first-order valence-electron chi connectivity index (χ1n) is 8.33. The van der Waals surface area contributed by atoms with Crippen LogP contribution in [0.3, 0.4) is 0 Å². The number of benzene rings is 1. The highest BCUT2D eigenvalue weighted by Gasteiger charge is 2.56. The van der Waals surface area contributed by atoms with E-state index in [9.17, 15) is 0 Å². The number of rotatable bonds is 1. The van der Waals surface area contributed by atoms with Gasteiger partial charge in [-0.1, -0.05) is 66.8 Å². The maximum absolute atomic E-state index is 3.70. The van der Waals surface area contributed by atoms with E-state index in [0.29, 0.717) is 29.7 Å². The number of allylic oxidation sites excluding steroid dienone is 4. The molecule has 3 heteroatoms. The van der Waals surface area contributed by atoms with Crippen molar-refractivity contribution in [2.45, 2.75) is 38.5 Å². The zero-order chi connectivity index (χ0) is 15.6. The lowest BCUT2D eigenvalue weighted by atomic mass is 9.82. The van der Waals surface area contributed by atoms with E-state index >= 15 is 0 Å². The van der Waals surface area contributed by atoms with Crippen molar-refractivity contribution in [2.75, 3.05) is 4.57 Å². The van der Waals surface area contributed by atoms with E-state index in [1.807, 2.05) is 0 Å². The van der Waals surface area contributed by atoms with Crippen LogP contribution in [-0.2, 0) is 0 Å². The number of nitrogens with zero attached hydrogens (tertiary/aromatic N) is 1. The third-order valence-electron chi connectivity index (χ3n) is 5.78. The van der Waals surface area contributed by atoms with Crippen molar-refractivity contribution in [3.05, 3.63) is 52.5 Å². The van der Waals surface area contributed by atoms with Crippen LogP contribution in [0.1, 0.15) is 18.4 Å². The molecule has 116 valence electrons. The van der Waals surface area contributed by atoms with Gasteiger partial charge in [0, 0.05) is 22.1 Å². The Hall–Kier alpha value is -0.803. The van der Waals surface area contributed by atoms with Gasteiger partial charge < -0.3 is 4.57 Å². The van der Waals surface area contributed by atoms with Gasteiger partial charge >= 0.3 is 0 Å². The number of anilines is 1. The first-order chi connectivity index (χ1) is 10.4. The third-order valence-corrected chi connectivity index (χ3v) is 8.26. The standard InChI is InChI=1S/C19H24BrNSi/c1-12-14-7-5-6-8-15(14)18-16-11-13(20)9-10-17(16)21(19(12)18)22(2,3)4/h5-12,14-15,18-19H,1-4H3. The van der Waals surface area contributed by atoms with Gasteiger partial charge in [-0.15, -0.1) is 0 Å². The molecule has 1 aliphatic heterocycles. The monoisotopic (exact) mass is 373 g/mol. The lowest BCUT2D eigenvalue weighted by Gasteiger charge is -2.41. The van der Waals surface area contributed by atoms with Gasteiger partial charge in [0.25, 0.3) is 0 Å². The summed E-state index contributed by atoms with van der Waals surface area (Å²) in [5, 5.41) is 0. The Morgan fingerprint density at radius 2 is 1.73 bits per heavy atom. The Kier molecular flexibility index (Phi) is 3.25. The van der Waals surface area contributed by atoms with Crippen LogP contribution in [0.4, 0.5) is 5.69 Å². The number of halogens is 1. The summed E-state index contributed by atoms with van der Waals surface area (Å²) in [6, 6.07) is 7.61. The van der Waals surface area contributed by atoms with E-state index in [1.54, 1.807) is 5.56 Å². The molecule has 1 nitrogen and oxygen atoms in total. The number of hydrogen-bond donors (Lipinski definition) is 0. The smallest absolute Gasteiger partial charge is 0.147 e. The van der Waals surface area contributed by atoms with Crippen LogP contribution in [0.15, 0.2) is 47.0 Å².